The third-order valence-electron chi connectivity index (χ3n) is 2.24. The maximum absolute atomic E-state index is 10.7. The van der Waals surface area contributed by atoms with E-state index in [1.165, 1.54) is 0 Å². The summed E-state index contributed by atoms with van der Waals surface area (Å²) < 4.78 is 5.29. The minimum atomic E-state index is -0.911. The summed E-state index contributed by atoms with van der Waals surface area (Å²) in [6, 6.07) is 5.23. The molecule has 0 fully saturated rings. The van der Waals surface area contributed by atoms with Gasteiger partial charge in [-0.2, -0.15) is 0 Å². The minimum Gasteiger partial charge on any atom is -0.479 e. The number of hydrogen-bond acceptors (Lipinski definition) is 2. The molecule has 0 aromatic heterocycles. The van der Waals surface area contributed by atoms with Gasteiger partial charge in [-0.15, -0.1) is 0 Å². The fourth-order valence-corrected chi connectivity index (χ4v) is 1.73. The Labute approximate surface area is 86.3 Å². The molecule has 1 heterocycles. The van der Waals surface area contributed by atoms with Crippen LogP contribution in [0, 0.1) is 0 Å². The van der Waals surface area contributed by atoms with Crippen LogP contribution in [0.4, 0.5) is 0 Å². The monoisotopic (exact) mass is 212 g/mol. The van der Waals surface area contributed by atoms with Gasteiger partial charge in [0.2, 0.25) is 0 Å². The smallest absolute Gasteiger partial charge is 0.344 e. The van der Waals surface area contributed by atoms with E-state index in [4.69, 9.17) is 21.4 Å². The molecule has 0 saturated heterocycles. The standard InChI is InChI=1S/C10H9ClO3/c11-7-2-4-8-6(5-7)1-3-9(14-8)10(12)13/h2,4-5,9H,1,3H2,(H,12,13)/t9-/m1/s1. The Bertz CT molecular complexity index is 376. The molecule has 1 aliphatic heterocycles. The molecule has 1 aliphatic rings. The van der Waals surface area contributed by atoms with Crippen LogP contribution in [-0.4, -0.2) is 17.2 Å². The van der Waals surface area contributed by atoms with Crippen LogP contribution in [0.1, 0.15) is 12.0 Å². The maximum Gasteiger partial charge on any atom is 0.344 e. The Balaban J connectivity index is 2.27. The molecule has 4 heteroatoms. The summed E-state index contributed by atoms with van der Waals surface area (Å²) in [7, 11) is 0. The molecule has 0 bridgehead atoms. The number of ether oxygens (including phenoxy) is 1. The van der Waals surface area contributed by atoms with Crippen molar-refractivity contribution in [1.82, 2.24) is 0 Å². The zero-order valence-corrected chi connectivity index (χ0v) is 8.12. The van der Waals surface area contributed by atoms with Gasteiger partial charge in [0.05, 0.1) is 0 Å². The van der Waals surface area contributed by atoms with Gasteiger partial charge in [0.15, 0.2) is 6.10 Å². The molecule has 0 aliphatic carbocycles. The highest BCUT2D eigenvalue weighted by atomic mass is 35.5. The van der Waals surface area contributed by atoms with Crippen molar-refractivity contribution in [1.29, 1.82) is 0 Å². The summed E-state index contributed by atoms with van der Waals surface area (Å²) in [5.41, 5.74) is 0.981. The molecule has 0 amide bonds. The fraction of sp³-hybridized carbons (Fsp3) is 0.300. The number of halogens is 1. The van der Waals surface area contributed by atoms with E-state index in [1.54, 1.807) is 12.1 Å². The first-order valence-corrected chi connectivity index (χ1v) is 4.72. The van der Waals surface area contributed by atoms with Crippen LogP contribution < -0.4 is 4.74 Å². The predicted octanol–water partition coefficient (Wildman–Crippen LogP) is 2.12. The summed E-state index contributed by atoms with van der Waals surface area (Å²) >= 11 is 5.80. The molecule has 3 nitrogen and oxygen atoms in total. The van der Waals surface area contributed by atoms with Gasteiger partial charge in [0.1, 0.15) is 5.75 Å². The van der Waals surface area contributed by atoms with Crippen molar-refractivity contribution >= 4 is 17.6 Å². The van der Waals surface area contributed by atoms with Crippen LogP contribution in [0.5, 0.6) is 5.75 Å². The summed E-state index contributed by atoms with van der Waals surface area (Å²) in [5.74, 6) is -0.279. The van der Waals surface area contributed by atoms with Crippen molar-refractivity contribution in [3.63, 3.8) is 0 Å². The number of aliphatic carboxylic acids is 1. The molecule has 1 aromatic rings. The predicted molar refractivity (Wildman–Crippen MR) is 51.8 cm³/mol. The lowest BCUT2D eigenvalue weighted by Crippen LogP contribution is -2.30. The highest BCUT2D eigenvalue weighted by molar-refractivity contribution is 6.30. The van der Waals surface area contributed by atoms with Crippen LogP contribution in [0.15, 0.2) is 18.2 Å². The molecule has 74 valence electrons. The summed E-state index contributed by atoms with van der Waals surface area (Å²) in [6.45, 7) is 0. The molecule has 0 saturated carbocycles. The Kier molecular flexibility index (Phi) is 2.33. The van der Waals surface area contributed by atoms with Crippen molar-refractivity contribution < 1.29 is 14.6 Å². The number of carboxylic acids is 1. The SMILES string of the molecule is O=C(O)[C@H]1CCc2cc(Cl)ccc2O1. The van der Waals surface area contributed by atoms with Gasteiger partial charge in [-0.25, -0.2) is 4.79 Å². The summed E-state index contributed by atoms with van der Waals surface area (Å²) in [4.78, 5) is 10.7. The number of aryl methyl sites for hydroxylation is 1. The van der Waals surface area contributed by atoms with Gasteiger partial charge in [-0.3, -0.25) is 0 Å². The third-order valence-corrected chi connectivity index (χ3v) is 2.48. The molecule has 0 unspecified atom stereocenters. The lowest BCUT2D eigenvalue weighted by atomic mass is 10.0. The van der Waals surface area contributed by atoms with Crippen molar-refractivity contribution in [2.45, 2.75) is 18.9 Å². The summed E-state index contributed by atoms with van der Waals surface area (Å²) in [6.07, 6.45) is 0.485. The second-order valence-corrected chi connectivity index (χ2v) is 3.67. The second-order valence-electron chi connectivity index (χ2n) is 3.24. The molecule has 1 atom stereocenters. The van der Waals surface area contributed by atoms with E-state index in [0.29, 0.717) is 23.6 Å². The highest BCUT2D eigenvalue weighted by Gasteiger charge is 2.25. The first kappa shape index (κ1) is 9.34. The van der Waals surface area contributed by atoms with Gasteiger partial charge in [0, 0.05) is 5.02 Å². The van der Waals surface area contributed by atoms with E-state index in [1.807, 2.05) is 6.07 Å². The lowest BCUT2D eigenvalue weighted by Gasteiger charge is -2.22. The fourth-order valence-electron chi connectivity index (χ4n) is 1.53. The first-order chi connectivity index (χ1) is 6.66. The van der Waals surface area contributed by atoms with Gasteiger partial charge in [0.25, 0.3) is 0 Å². The minimum absolute atomic E-state index is 0.503. The molecule has 1 aromatic carbocycles. The van der Waals surface area contributed by atoms with Gasteiger partial charge in [-0.05, 0) is 36.6 Å². The van der Waals surface area contributed by atoms with Crippen LogP contribution in [-0.2, 0) is 11.2 Å². The van der Waals surface area contributed by atoms with E-state index in [-0.39, 0.29) is 0 Å². The van der Waals surface area contributed by atoms with E-state index < -0.39 is 12.1 Å². The van der Waals surface area contributed by atoms with Crippen LogP contribution in [0.25, 0.3) is 0 Å². The van der Waals surface area contributed by atoms with E-state index in [0.717, 1.165) is 5.56 Å². The topological polar surface area (TPSA) is 46.5 Å². The van der Waals surface area contributed by atoms with Crippen molar-refractivity contribution in [3.8, 4) is 5.75 Å². The van der Waals surface area contributed by atoms with Gasteiger partial charge >= 0.3 is 5.97 Å². The zero-order valence-electron chi connectivity index (χ0n) is 7.37. The number of carboxylic acid groups (broad SMARTS) is 1. The molecule has 0 radical (unpaired) electrons. The van der Waals surface area contributed by atoms with E-state index in [2.05, 4.69) is 0 Å². The lowest BCUT2D eigenvalue weighted by molar-refractivity contribution is -0.145. The molecule has 2 rings (SSSR count). The quantitative estimate of drug-likeness (QED) is 0.776. The number of benzene rings is 1. The number of fused-ring (bicyclic) bond motifs is 1. The Morgan fingerprint density at radius 2 is 2.36 bits per heavy atom. The number of carbonyl (C=O) groups is 1. The molecule has 0 spiro atoms. The summed E-state index contributed by atoms with van der Waals surface area (Å²) in [5, 5.41) is 9.42. The van der Waals surface area contributed by atoms with Crippen LogP contribution in [0.2, 0.25) is 5.02 Å². The average molecular weight is 213 g/mol. The number of rotatable bonds is 1. The molecular weight excluding hydrogens is 204 g/mol. The van der Waals surface area contributed by atoms with Crippen molar-refractivity contribution in [2.75, 3.05) is 0 Å². The highest BCUT2D eigenvalue weighted by Crippen LogP contribution is 2.29. The van der Waals surface area contributed by atoms with Crippen LogP contribution >= 0.6 is 11.6 Å². The van der Waals surface area contributed by atoms with E-state index >= 15 is 0 Å². The largest absolute Gasteiger partial charge is 0.479 e. The van der Waals surface area contributed by atoms with Crippen molar-refractivity contribution in [2.24, 2.45) is 0 Å². The Morgan fingerprint density at radius 3 is 3.07 bits per heavy atom. The average Bonchev–Trinajstić information content (AvgIpc) is 2.16. The Morgan fingerprint density at radius 1 is 1.57 bits per heavy atom. The second kappa shape index (κ2) is 3.50. The van der Waals surface area contributed by atoms with Crippen molar-refractivity contribution in [3.05, 3.63) is 28.8 Å². The first-order valence-electron chi connectivity index (χ1n) is 4.35. The number of hydrogen-bond donors (Lipinski definition) is 1. The maximum atomic E-state index is 10.7. The van der Waals surface area contributed by atoms with Gasteiger partial charge in [-0.1, -0.05) is 11.6 Å². The molecule has 1 N–H and O–H groups in total. The molecular formula is C10H9ClO3. The molecule has 14 heavy (non-hydrogen) atoms. The Hall–Kier alpha value is -1.22. The normalized spacial score (nSPS) is 19.6. The van der Waals surface area contributed by atoms with Gasteiger partial charge < -0.3 is 9.84 Å². The third kappa shape index (κ3) is 1.68. The van der Waals surface area contributed by atoms with E-state index in [9.17, 15) is 4.79 Å². The zero-order chi connectivity index (χ0) is 10.1. The van der Waals surface area contributed by atoms with Crippen LogP contribution in [0.3, 0.4) is 0 Å².